The summed E-state index contributed by atoms with van der Waals surface area (Å²) in [4.78, 5) is 31.9. The van der Waals surface area contributed by atoms with E-state index in [2.05, 4.69) is 32.1 Å². The first kappa shape index (κ1) is 23.9. The number of hydrogen-bond donors (Lipinski definition) is 3. The Balaban J connectivity index is 1.26. The summed E-state index contributed by atoms with van der Waals surface area (Å²) < 4.78 is 1.74. The Hall–Kier alpha value is -4.49. The first-order valence-corrected chi connectivity index (χ1v) is 12.7. The molecule has 4 aromatic rings. The van der Waals surface area contributed by atoms with Crippen LogP contribution in [0.3, 0.4) is 0 Å². The SMILES string of the molecule is CC#CC(=O)N1CCC(c2nc(-c3ccc(C(O)Nc4cc(C5CC5)ccn4)cc3)n3c(N)ncnc23)C1. The molecule has 1 saturated heterocycles. The second-order valence-corrected chi connectivity index (χ2v) is 9.74. The van der Waals surface area contributed by atoms with E-state index in [1.807, 2.05) is 36.4 Å². The van der Waals surface area contributed by atoms with Crippen molar-refractivity contribution >= 4 is 23.3 Å². The maximum Gasteiger partial charge on any atom is 0.298 e. The van der Waals surface area contributed by atoms with Gasteiger partial charge in [-0.1, -0.05) is 30.2 Å². The summed E-state index contributed by atoms with van der Waals surface area (Å²) in [6.07, 6.45) is 5.46. The van der Waals surface area contributed by atoms with Crippen LogP contribution < -0.4 is 11.1 Å². The van der Waals surface area contributed by atoms with Crippen LogP contribution in [0.1, 0.15) is 61.1 Å². The van der Waals surface area contributed by atoms with Crippen molar-refractivity contribution in [3.63, 3.8) is 0 Å². The van der Waals surface area contributed by atoms with Gasteiger partial charge in [-0.05, 0) is 55.7 Å². The van der Waals surface area contributed by atoms with Crippen LogP contribution in [-0.2, 0) is 4.79 Å². The van der Waals surface area contributed by atoms with E-state index in [1.54, 1.807) is 22.4 Å². The molecule has 10 heteroatoms. The average Bonchev–Trinajstić information content (AvgIpc) is 3.53. The molecule has 6 rings (SSSR count). The number of imidazole rings is 1. The highest BCUT2D eigenvalue weighted by atomic mass is 16.3. The number of aliphatic hydroxyl groups is 1. The zero-order valence-electron chi connectivity index (χ0n) is 21.0. The molecule has 2 atom stereocenters. The van der Waals surface area contributed by atoms with Gasteiger partial charge in [0.1, 0.15) is 18.0 Å². The molecule has 10 nitrogen and oxygen atoms in total. The fraction of sp³-hybridized carbons (Fsp3) is 0.321. The van der Waals surface area contributed by atoms with Gasteiger partial charge in [-0.15, -0.1) is 0 Å². The van der Waals surface area contributed by atoms with Gasteiger partial charge in [-0.25, -0.2) is 24.3 Å². The minimum atomic E-state index is -0.916. The Morgan fingerprint density at radius 2 is 1.95 bits per heavy atom. The molecule has 0 radical (unpaired) electrons. The second-order valence-electron chi connectivity index (χ2n) is 9.74. The fourth-order valence-corrected chi connectivity index (χ4v) is 5.03. The average molecular weight is 509 g/mol. The second kappa shape index (κ2) is 9.76. The number of aromatic nitrogens is 5. The minimum absolute atomic E-state index is 0.0138. The Kier molecular flexibility index (Phi) is 6.13. The first-order chi connectivity index (χ1) is 18.5. The highest BCUT2D eigenvalue weighted by Crippen LogP contribution is 2.40. The third-order valence-electron chi connectivity index (χ3n) is 7.17. The molecular formula is C28H28N8O2. The Bertz CT molecular complexity index is 1570. The quantitative estimate of drug-likeness (QED) is 0.267. The largest absolute Gasteiger partial charge is 0.369 e. The van der Waals surface area contributed by atoms with Gasteiger partial charge < -0.3 is 21.1 Å². The van der Waals surface area contributed by atoms with Crippen LogP contribution in [0, 0.1) is 11.8 Å². The molecule has 1 aromatic carbocycles. The number of nitrogens with two attached hydrogens (primary N) is 1. The van der Waals surface area contributed by atoms with Crippen molar-refractivity contribution in [3.05, 3.63) is 65.7 Å². The Morgan fingerprint density at radius 1 is 1.13 bits per heavy atom. The fourth-order valence-electron chi connectivity index (χ4n) is 5.03. The lowest BCUT2D eigenvalue weighted by Gasteiger charge is -2.15. The number of anilines is 2. The molecule has 2 fully saturated rings. The number of benzene rings is 1. The van der Waals surface area contributed by atoms with Gasteiger partial charge in [0.25, 0.3) is 5.91 Å². The number of likely N-dealkylation sites (tertiary alicyclic amines) is 1. The molecule has 4 heterocycles. The van der Waals surface area contributed by atoms with Gasteiger partial charge in [0.2, 0.25) is 5.95 Å². The molecule has 2 unspecified atom stereocenters. The number of nitrogens with zero attached hydrogens (tertiary/aromatic N) is 6. The number of carbonyl (C=O) groups is 1. The number of amides is 1. The lowest BCUT2D eigenvalue weighted by Crippen LogP contribution is -2.27. The molecule has 1 aliphatic carbocycles. The molecule has 1 aliphatic heterocycles. The van der Waals surface area contributed by atoms with E-state index in [-0.39, 0.29) is 17.8 Å². The maximum absolute atomic E-state index is 12.3. The molecule has 1 saturated carbocycles. The lowest BCUT2D eigenvalue weighted by atomic mass is 10.1. The smallest absolute Gasteiger partial charge is 0.298 e. The molecule has 1 amide bonds. The van der Waals surface area contributed by atoms with Crippen molar-refractivity contribution in [3.8, 4) is 23.2 Å². The standard InChI is InChI=1S/C28H28N8O2/c1-2-3-23(37)35-13-11-21(15-35)24-26-31-16-32-28(29)36(26)25(34-24)18-6-8-19(9-7-18)27(38)33-22-14-20(10-12-30-22)17-4-5-17/h6-10,12,14,16-17,21,27,38H,4-5,11,13,15H2,1H3,(H,30,33)(H2,29,31,32). The predicted molar refractivity (Wildman–Crippen MR) is 143 cm³/mol. The number of carbonyl (C=O) groups excluding carboxylic acids is 1. The summed E-state index contributed by atoms with van der Waals surface area (Å²) in [5, 5.41) is 13.9. The molecule has 38 heavy (non-hydrogen) atoms. The number of hydrogen-bond acceptors (Lipinski definition) is 8. The molecular weight excluding hydrogens is 480 g/mol. The van der Waals surface area contributed by atoms with Gasteiger partial charge in [-0.3, -0.25) is 4.79 Å². The molecule has 2 aliphatic rings. The van der Waals surface area contributed by atoms with Gasteiger partial charge in [0.15, 0.2) is 11.9 Å². The molecule has 3 aromatic heterocycles. The number of nitrogens with one attached hydrogen (secondary N) is 1. The van der Waals surface area contributed by atoms with Crippen molar-refractivity contribution in [2.45, 2.75) is 44.2 Å². The Morgan fingerprint density at radius 3 is 2.71 bits per heavy atom. The van der Waals surface area contributed by atoms with Gasteiger partial charge >= 0.3 is 0 Å². The van der Waals surface area contributed by atoms with E-state index in [4.69, 9.17) is 10.7 Å². The summed E-state index contributed by atoms with van der Waals surface area (Å²) in [6.45, 7) is 2.80. The highest BCUT2D eigenvalue weighted by Gasteiger charge is 2.31. The van der Waals surface area contributed by atoms with Crippen LogP contribution in [0.15, 0.2) is 48.9 Å². The van der Waals surface area contributed by atoms with E-state index in [1.165, 1.54) is 24.7 Å². The topological polar surface area (TPSA) is 135 Å². The molecule has 0 bridgehead atoms. The van der Waals surface area contributed by atoms with E-state index < -0.39 is 6.23 Å². The van der Waals surface area contributed by atoms with Crippen LogP contribution in [0.5, 0.6) is 0 Å². The zero-order valence-corrected chi connectivity index (χ0v) is 21.0. The Labute approximate surface area is 220 Å². The van der Waals surface area contributed by atoms with Crippen LogP contribution >= 0.6 is 0 Å². The van der Waals surface area contributed by atoms with Crippen molar-refractivity contribution in [1.29, 1.82) is 0 Å². The lowest BCUT2D eigenvalue weighted by molar-refractivity contribution is -0.124. The van der Waals surface area contributed by atoms with Crippen LogP contribution in [0.4, 0.5) is 11.8 Å². The zero-order chi connectivity index (χ0) is 26.2. The minimum Gasteiger partial charge on any atom is -0.369 e. The van der Waals surface area contributed by atoms with Crippen LogP contribution in [-0.4, -0.2) is 53.3 Å². The van der Waals surface area contributed by atoms with Gasteiger partial charge in [0, 0.05) is 36.3 Å². The predicted octanol–water partition coefficient (Wildman–Crippen LogP) is 3.09. The van der Waals surface area contributed by atoms with E-state index >= 15 is 0 Å². The molecule has 0 spiro atoms. The van der Waals surface area contributed by atoms with Gasteiger partial charge in [0.05, 0.1) is 5.69 Å². The van der Waals surface area contributed by atoms with Crippen molar-refractivity contribution < 1.29 is 9.90 Å². The maximum atomic E-state index is 12.3. The van der Waals surface area contributed by atoms with Crippen molar-refractivity contribution in [2.24, 2.45) is 0 Å². The van der Waals surface area contributed by atoms with E-state index in [9.17, 15) is 9.90 Å². The summed E-state index contributed by atoms with van der Waals surface area (Å²) in [6, 6.07) is 11.5. The molecule has 4 N–H and O–H groups in total. The highest BCUT2D eigenvalue weighted by molar-refractivity contribution is 5.93. The number of fused-ring (bicyclic) bond motifs is 1. The molecule has 192 valence electrons. The summed E-state index contributed by atoms with van der Waals surface area (Å²) in [5.41, 5.74) is 10.4. The third-order valence-corrected chi connectivity index (χ3v) is 7.17. The van der Waals surface area contributed by atoms with E-state index in [0.717, 1.165) is 17.7 Å². The normalized spacial score (nSPS) is 17.7. The third kappa shape index (κ3) is 4.53. The number of rotatable bonds is 6. The number of nitrogen functional groups attached to an aromatic ring is 1. The van der Waals surface area contributed by atoms with Crippen molar-refractivity contribution in [1.82, 2.24) is 29.2 Å². The van der Waals surface area contributed by atoms with Crippen molar-refractivity contribution in [2.75, 3.05) is 24.1 Å². The van der Waals surface area contributed by atoms with E-state index in [0.29, 0.717) is 41.9 Å². The van der Waals surface area contributed by atoms with Crippen LogP contribution in [0.2, 0.25) is 0 Å². The summed E-state index contributed by atoms with van der Waals surface area (Å²) >= 11 is 0. The van der Waals surface area contributed by atoms with Gasteiger partial charge in [-0.2, -0.15) is 0 Å². The monoisotopic (exact) mass is 508 g/mol. The number of aliphatic hydroxyl groups excluding tert-OH is 1. The summed E-state index contributed by atoms with van der Waals surface area (Å²) in [7, 11) is 0. The first-order valence-electron chi connectivity index (χ1n) is 12.7. The number of pyridine rings is 1. The summed E-state index contributed by atoms with van der Waals surface area (Å²) in [5.74, 6) is 7.27. The van der Waals surface area contributed by atoms with Crippen LogP contribution in [0.25, 0.3) is 17.0 Å².